The van der Waals surface area contributed by atoms with Gasteiger partial charge in [0.2, 0.25) is 6.29 Å². The van der Waals surface area contributed by atoms with E-state index in [4.69, 9.17) is 14.6 Å². The minimum absolute atomic E-state index is 0.00680. The van der Waals surface area contributed by atoms with Gasteiger partial charge in [0.15, 0.2) is 5.76 Å². The van der Waals surface area contributed by atoms with Crippen molar-refractivity contribution in [1.82, 2.24) is 9.80 Å². The van der Waals surface area contributed by atoms with Crippen molar-refractivity contribution < 1.29 is 19.4 Å². The molecule has 6 heteroatoms. The zero-order valence-electron chi connectivity index (χ0n) is 18.5. The number of benzene rings is 1. The van der Waals surface area contributed by atoms with Gasteiger partial charge in [-0.25, -0.2) is 0 Å². The highest BCUT2D eigenvalue weighted by atomic mass is 16.7. The largest absolute Gasteiger partial charge is 0.459 e. The number of carbonyl (C=O) groups is 1. The minimum Gasteiger partial charge on any atom is -0.459 e. The minimum atomic E-state index is -0.354. The predicted molar refractivity (Wildman–Crippen MR) is 119 cm³/mol. The summed E-state index contributed by atoms with van der Waals surface area (Å²) in [6.07, 6.45) is 7.84. The third kappa shape index (κ3) is 6.09. The van der Waals surface area contributed by atoms with Crippen LogP contribution in [0.3, 0.4) is 0 Å². The number of aliphatic hydroxyl groups is 1. The molecule has 1 aliphatic carbocycles. The molecule has 1 aromatic rings. The number of nitrogens with zero attached hydrogens (tertiary/aromatic N) is 2. The number of aliphatic hydroxyl groups excluding tert-OH is 1. The molecule has 2 heterocycles. The average molecular weight is 429 g/mol. The molecule has 1 N–H and O–H groups in total. The Morgan fingerprint density at radius 3 is 2.55 bits per heavy atom. The molecule has 2 atom stereocenters. The summed E-state index contributed by atoms with van der Waals surface area (Å²) in [6, 6.07) is 10.5. The Morgan fingerprint density at radius 1 is 1.10 bits per heavy atom. The highest BCUT2D eigenvalue weighted by Crippen LogP contribution is 2.40. The zero-order chi connectivity index (χ0) is 21.5. The fourth-order valence-electron chi connectivity index (χ4n) is 4.67. The van der Waals surface area contributed by atoms with Gasteiger partial charge in [-0.05, 0) is 49.2 Å². The van der Waals surface area contributed by atoms with Gasteiger partial charge in [-0.3, -0.25) is 9.69 Å². The second kappa shape index (κ2) is 11.1. The lowest BCUT2D eigenvalue weighted by atomic mass is 9.73. The van der Waals surface area contributed by atoms with Gasteiger partial charge in [-0.15, -0.1) is 0 Å². The summed E-state index contributed by atoms with van der Waals surface area (Å²) in [5, 5.41) is 8.97. The summed E-state index contributed by atoms with van der Waals surface area (Å²) in [4.78, 5) is 17.6. The summed E-state index contributed by atoms with van der Waals surface area (Å²) in [5.41, 5.74) is 1.31. The van der Waals surface area contributed by atoms with Crippen molar-refractivity contribution in [3.8, 4) is 0 Å². The zero-order valence-corrected chi connectivity index (χ0v) is 18.5. The lowest BCUT2D eigenvalue weighted by molar-refractivity contribution is -0.158. The van der Waals surface area contributed by atoms with Gasteiger partial charge in [0, 0.05) is 45.8 Å². The maximum absolute atomic E-state index is 13.2. The Bertz CT molecular complexity index is 726. The van der Waals surface area contributed by atoms with Gasteiger partial charge in [0.05, 0.1) is 6.61 Å². The molecule has 0 bridgehead atoms. The summed E-state index contributed by atoms with van der Waals surface area (Å²) < 4.78 is 12.0. The Balaban J connectivity index is 1.32. The number of hydrogen-bond donors (Lipinski definition) is 1. The number of carbonyl (C=O) groups excluding carboxylic acids is 1. The van der Waals surface area contributed by atoms with Crippen LogP contribution in [-0.4, -0.2) is 66.5 Å². The summed E-state index contributed by atoms with van der Waals surface area (Å²) in [5.74, 6) is 1.50. The van der Waals surface area contributed by atoms with Crippen LogP contribution in [-0.2, 0) is 20.8 Å². The van der Waals surface area contributed by atoms with Crippen molar-refractivity contribution >= 4 is 5.91 Å². The molecule has 1 saturated heterocycles. The van der Waals surface area contributed by atoms with Gasteiger partial charge >= 0.3 is 0 Å². The van der Waals surface area contributed by atoms with Crippen LogP contribution >= 0.6 is 0 Å². The number of amides is 1. The highest BCUT2D eigenvalue weighted by molar-refractivity contribution is 5.91. The van der Waals surface area contributed by atoms with Crippen LogP contribution in [0.4, 0.5) is 0 Å². The van der Waals surface area contributed by atoms with Gasteiger partial charge in [0.1, 0.15) is 0 Å². The van der Waals surface area contributed by atoms with Crippen LogP contribution in [0.1, 0.15) is 44.1 Å². The number of hydrogen-bond acceptors (Lipinski definition) is 5. The standard InChI is InChI=1S/C25H36N2O4/c28-15-4-5-16-30-24-18-22(21-9-6-10-21)17-23(31-24)25(29)27-13-11-26(12-14-27)19-20-7-2-1-3-8-20/h1-3,7-8,17,21-22,24,28H,4-6,9-16,18-19H2/t22-,24+/m1/s1. The number of ether oxygens (including phenoxy) is 2. The monoisotopic (exact) mass is 428 g/mol. The number of rotatable bonds is 9. The second-order valence-corrected chi connectivity index (χ2v) is 9.02. The third-order valence-electron chi connectivity index (χ3n) is 6.82. The van der Waals surface area contributed by atoms with E-state index in [1.807, 2.05) is 11.0 Å². The average Bonchev–Trinajstić information content (AvgIpc) is 2.76. The Kier molecular flexibility index (Phi) is 8.00. The quantitative estimate of drug-likeness (QED) is 0.612. The van der Waals surface area contributed by atoms with Gasteiger partial charge < -0.3 is 19.5 Å². The van der Waals surface area contributed by atoms with E-state index in [1.165, 1.54) is 24.8 Å². The van der Waals surface area contributed by atoms with Gasteiger partial charge in [0.25, 0.3) is 5.91 Å². The molecule has 1 amide bonds. The smallest absolute Gasteiger partial charge is 0.288 e. The molecule has 6 nitrogen and oxygen atoms in total. The molecule has 1 saturated carbocycles. The van der Waals surface area contributed by atoms with E-state index in [-0.39, 0.29) is 18.8 Å². The van der Waals surface area contributed by atoms with Crippen LogP contribution in [0.15, 0.2) is 42.2 Å². The van der Waals surface area contributed by atoms with Crippen molar-refractivity contribution in [1.29, 1.82) is 0 Å². The molecular formula is C25H36N2O4. The van der Waals surface area contributed by atoms with E-state index >= 15 is 0 Å². The number of allylic oxidation sites excluding steroid dienone is 1. The van der Waals surface area contributed by atoms with Crippen molar-refractivity contribution in [2.45, 2.75) is 51.4 Å². The molecule has 0 radical (unpaired) electrons. The maximum Gasteiger partial charge on any atom is 0.288 e. The molecule has 3 aliphatic rings. The lowest BCUT2D eigenvalue weighted by Gasteiger charge is -2.39. The maximum atomic E-state index is 13.2. The number of unbranched alkanes of at least 4 members (excludes halogenated alkanes) is 1. The Labute approximate surface area is 185 Å². The molecular weight excluding hydrogens is 392 g/mol. The molecule has 0 aromatic heterocycles. The third-order valence-corrected chi connectivity index (χ3v) is 6.82. The predicted octanol–water partition coefficient (Wildman–Crippen LogP) is 3.17. The molecule has 170 valence electrons. The number of piperazine rings is 1. The summed E-state index contributed by atoms with van der Waals surface area (Å²) >= 11 is 0. The Hall–Kier alpha value is -1.89. The van der Waals surface area contributed by atoms with Crippen LogP contribution in [0.2, 0.25) is 0 Å². The first-order valence-corrected chi connectivity index (χ1v) is 11.9. The van der Waals surface area contributed by atoms with E-state index in [0.29, 0.717) is 24.2 Å². The molecule has 0 unspecified atom stereocenters. The van der Waals surface area contributed by atoms with Crippen LogP contribution in [0.5, 0.6) is 0 Å². The highest BCUT2D eigenvalue weighted by Gasteiger charge is 2.36. The molecule has 4 rings (SSSR count). The summed E-state index contributed by atoms with van der Waals surface area (Å²) in [6.45, 7) is 4.87. The Morgan fingerprint density at radius 2 is 1.87 bits per heavy atom. The van der Waals surface area contributed by atoms with Crippen LogP contribution in [0, 0.1) is 11.8 Å². The SMILES string of the molecule is O=C(C1=C[C@@H](C2CCC2)C[C@@H](OCCCCO)O1)N1CCN(Cc2ccccc2)CC1. The van der Waals surface area contributed by atoms with Crippen molar-refractivity contribution in [3.63, 3.8) is 0 Å². The van der Waals surface area contributed by atoms with E-state index < -0.39 is 0 Å². The molecule has 2 fully saturated rings. The van der Waals surface area contributed by atoms with Gasteiger partial charge in [-0.2, -0.15) is 0 Å². The van der Waals surface area contributed by atoms with E-state index in [9.17, 15) is 4.79 Å². The lowest BCUT2D eigenvalue weighted by Crippen LogP contribution is -2.49. The van der Waals surface area contributed by atoms with Crippen LogP contribution in [0.25, 0.3) is 0 Å². The first-order chi connectivity index (χ1) is 15.2. The van der Waals surface area contributed by atoms with Gasteiger partial charge in [-0.1, -0.05) is 36.8 Å². The normalized spacial score (nSPS) is 24.9. The fraction of sp³-hybridized carbons (Fsp3) is 0.640. The molecule has 0 spiro atoms. The summed E-state index contributed by atoms with van der Waals surface area (Å²) in [7, 11) is 0. The first-order valence-electron chi connectivity index (χ1n) is 11.9. The molecule has 1 aromatic carbocycles. The molecule has 31 heavy (non-hydrogen) atoms. The fourth-order valence-corrected chi connectivity index (χ4v) is 4.67. The first kappa shape index (κ1) is 22.3. The van der Waals surface area contributed by atoms with E-state index in [2.05, 4.69) is 35.2 Å². The molecule has 2 aliphatic heterocycles. The van der Waals surface area contributed by atoms with E-state index in [0.717, 1.165) is 52.0 Å². The van der Waals surface area contributed by atoms with Crippen molar-refractivity contribution in [2.24, 2.45) is 11.8 Å². The van der Waals surface area contributed by atoms with Crippen molar-refractivity contribution in [3.05, 3.63) is 47.7 Å². The van der Waals surface area contributed by atoms with E-state index in [1.54, 1.807) is 0 Å². The van der Waals surface area contributed by atoms with Crippen LogP contribution < -0.4 is 0 Å². The second-order valence-electron chi connectivity index (χ2n) is 9.02. The van der Waals surface area contributed by atoms with Crippen molar-refractivity contribution in [2.75, 3.05) is 39.4 Å². The topological polar surface area (TPSA) is 62.2 Å².